The summed E-state index contributed by atoms with van der Waals surface area (Å²) in [4.78, 5) is 16.3. The van der Waals surface area contributed by atoms with Crippen LogP contribution in [0.3, 0.4) is 0 Å². The van der Waals surface area contributed by atoms with Crippen molar-refractivity contribution in [1.29, 1.82) is 0 Å². The maximum Gasteiger partial charge on any atom is 0.246 e. The second kappa shape index (κ2) is 12.3. The Labute approximate surface area is 155 Å². The van der Waals surface area contributed by atoms with Gasteiger partial charge in [-0.25, -0.2) is 4.99 Å². The number of carbonyl (C=O) groups is 1. The van der Waals surface area contributed by atoms with Crippen molar-refractivity contribution in [2.45, 2.75) is 32.3 Å². The SMILES string of the molecule is CCNC(=NCC(=O)Nc1ccccc1)NCCCOCC1CCCO1. The van der Waals surface area contributed by atoms with E-state index in [1.165, 1.54) is 0 Å². The van der Waals surface area contributed by atoms with Crippen LogP contribution in [0.15, 0.2) is 35.3 Å². The van der Waals surface area contributed by atoms with Crippen LogP contribution in [0.5, 0.6) is 0 Å². The van der Waals surface area contributed by atoms with E-state index < -0.39 is 0 Å². The molecular weight excluding hydrogens is 332 g/mol. The average molecular weight is 362 g/mol. The number of carbonyl (C=O) groups excluding carboxylic acids is 1. The smallest absolute Gasteiger partial charge is 0.246 e. The van der Waals surface area contributed by atoms with Crippen molar-refractivity contribution < 1.29 is 14.3 Å². The molecule has 1 fully saturated rings. The molecule has 1 atom stereocenters. The van der Waals surface area contributed by atoms with Gasteiger partial charge in [-0.3, -0.25) is 4.79 Å². The van der Waals surface area contributed by atoms with Gasteiger partial charge < -0.3 is 25.4 Å². The molecule has 1 aliphatic rings. The lowest BCUT2D eigenvalue weighted by atomic mass is 10.2. The molecule has 1 unspecified atom stereocenters. The van der Waals surface area contributed by atoms with E-state index in [0.717, 1.165) is 44.6 Å². The molecule has 0 spiro atoms. The van der Waals surface area contributed by atoms with Crippen LogP contribution in [-0.4, -0.2) is 57.4 Å². The van der Waals surface area contributed by atoms with Gasteiger partial charge in [0.2, 0.25) is 5.91 Å². The maximum absolute atomic E-state index is 12.0. The molecule has 0 saturated carbocycles. The van der Waals surface area contributed by atoms with Gasteiger partial charge in [0.25, 0.3) is 0 Å². The Balaban J connectivity index is 1.61. The van der Waals surface area contributed by atoms with Crippen LogP contribution in [0.25, 0.3) is 0 Å². The van der Waals surface area contributed by atoms with E-state index in [1.54, 1.807) is 0 Å². The summed E-state index contributed by atoms with van der Waals surface area (Å²) in [7, 11) is 0. The van der Waals surface area contributed by atoms with Gasteiger partial charge in [-0.15, -0.1) is 0 Å². The standard InChI is InChI=1S/C19H30N4O3/c1-2-20-19(21-11-7-12-25-15-17-10-6-13-26-17)22-14-18(24)23-16-8-4-3-5-9-16/h3-5,8-9,17H,2,6-7,10-15H2,1H3,(H,23,24)(H2,20,21,22). The third-order valence-corrected chi connectivity index (χ3v) is 3.87. The monoisotopic (exact) mass is 362 g/mol. The van der Waals surface area contributed by atoms with Gasteiger partial charge in [-0.2, -0.15) is 0 Å². The number of amides is 1. The zero-order valence-electron chi connectivity index (χ0n) is 15.5. The highest BCUT2D eigenvalue weighted by molar-refractivity contribution is 5.94. The zero-order valence-corrected chi connectivity index (χ0v) is 15.5. The molecule has 0 bridgehead atoms. The minimum atomic E-state index is -0.145. The number of hydrogen-bond acceptors (Lipinski definition) is 4. The summed E-state index contributed by atoms with van der Waals surface area (Å²) in [5, 5.41) is 9.17. The van der Waals surface area contributed by atoms with Gasteiger partial charge in [0.05, 0.1) is 12.7 Å². The molecule has 7 nitrogen and oxygen atoms in total. The van der Waals surface area contributed by atoms with Gasteiger partial charge in [0.15, 0.2) is 5.96 Å². The Hall–Kier alpha value is -2.12. The summed E-state index contributed by atoms with van der Waals surface area (Å²) in [5.74, 6) is 0.489. The van der Waals surface area contributed by atoms with E-state index in [2.05, 4.69) is 20.9 Å². The molecule has 0 aliphatic carbocycles. The molecular formula is C19H30N4O3. The molecule has 1 amide bonds. The van der Waals surface area contributed by atoms with Crippen LogP contribution in [-0.2, 0) is 14.3 Å². The third-order valence-electron chi connectivity index (χ3n) is 3.87. The molecule has 1 saturated heterocycles. The Morgan fingerprint density at radius 2 is 2.15 bits per heavy atom. The number of nitrogens with one attached hydrogen (secondary N) is 3. The van der Waals surface area contributed by atoms with Crippen LogP contribution in [0, 0.1) is 0 Å². The number of rotatable bonds is 10. The highest BCUT2D eigenvalue weighted by Crippen LogP contribution is 2.11. The first kappa shape index (κ1) is 20.2. The van der Waals surface area contributed by atoms with Crippen LogP contribution in [0.4, 0.5) is 5.69 Å². The Morgan fingerprint density at radius 1 is 1.31 bits per heavy atom. The van der Waals surface area contributed by atoms with Crippen LogP contribution in [0.1, 0.15) is 26.2 Å². The largest absolute Gasteiger partial charge is 0.379 e. The summed E-state index contributed by atoms with van der Waals surface area (Å²) in [6.07, 6.45) is 3.37. The first-order valence-corrected chi connectivity index (χ1v) is 9.34. The van der Waals surface area contributed by atoms with Crippen molar-refractivity contribution >= 4 is 17.6 Å². The Kier molecular flexibility index (Phi) is 9.53. The lowest BCUT2D eigenvalue weighted by molar-refractivity contribution is -0.114. The molecule has 2 rings (SSSR count). The number of ether oxygens (including phenoxy) is 2. The highest BCUT2D eigenvalue weighted by atomic mass is 16.5. The molecule has 1 aromatic rings. The van der Waals surface area contributed by atoms with Gasteiger partial charge in [-0.05, 0) is 38.3 Å². The Bertz CT molecular complexity index is 545. The van der Waals surface area contributed by atoms with Crippen LogP contribution in [0.2, 0.25) is 0 Å². The number of hydrogen-bond donors (Lipinski definition) is 3. The van der Waals surface area contributed by atoms with Gasteiger partial charge in [0, 0.05) is 32.0 Å². The van der Waals surface area contributed by atoms with Gasteiger partial charge >= 0.3 is 0 Å². The summed E-state index contributed by atoms with van der Waals surface area (Å²) in [5.41, 5.74) is 0.772. The van der Waals surface area contributed by atoms with E-state index in [-0.39, 0.29) is 18.6 Å². The average Bonchev–Trinajstić information content (AvgIpc) is 3.16. The summed E-state index contributed by atoms with van der Waals surface area (Å²) >= 11 is 0. The predicted octanol–water partition coefficient (Wildman–Crippen LogP) is 1.77. The van der Waals surface area contributed by atoms with Crippen molar-refractivity contribution in [2.75, 3.05) is 44.8 Å². The number of guanidine groups is 1. The number of anilines is 1. The molecule has 1 aromatic carbocycles. The molecule has 7 heteroatoms. The quantitative estimate of drug-likeness (QED) is 0.336. The van der Waals surface area contributed by atoms with E-state index >= 15 is 0 Å². The van der Waals surface area contributed by atoms with Crippen molar-refractivity contribution in [2.24, 2.45) is 4.99 Å². The second-order valence-electron chi connectivity index (χ2n) is 6.10. The molecule has 3 N–H and O–H groups in total. The highest BCUT2D eigenvalue weighted by Gasteiger charge is 2.14. The van der Waals surface area contributed by atoms with E-state index in [4.69, 9.17) is 9.47 Å². The molecule has 1 heterocycles. The van der Waals surface area contributed by atoms with Crippen molar-refractivity contribution in [3.63, 3.8) is 0 Å². The van der Waals surface area contributed by atoms with Crippen LogP contribution < -0.4 is 16.0 Å². The fourth-order valence-electron chi connectivity index (χ4n) is 2.59. The van der Waals surface area contributed by atoms with Gasteiger partial charge in [0.1, 0.15) is 6.54 Å². The molecule has 26 heavy (non-hydrogen) atoms. The van der Waals surface area contributed by atoms with E-state index in [9.17, 15) is 4.79 Å². The molecule has 144 valence electrons. The van der Waals surface area contributed by atoms with Gasteiger partial charge in [-0.1, -0.05) is 18.2 Å². The Morgan fingerprint density at radius 3 is 2.88 bits per heavy atom. The first-order chi connectivity index (χ1) is 12.8. The number of para-hydroxylation sites is 1. The lowest BCUT2D eigenvalue weighted by Gasteiger charge is -2.12. The number of benzene rings is 1. The fourth-order valence-corrected chi connectivity index (χ4v) is 2.59. The summed E-state index contributed by atoms with van der Waals surface area (Å²) in [6, 6.07) is 9.37. The maximum atomic E-state index is 12.0. The van der Waals surface area contributed by atoms with Crippen LogP contribution >= 0.6 is 0 Å². The number of nitrogens with zero attached hydrogens (tertiary/aromatic N) is 1. The topological polar surface area (TPSA) is 84.0 Å². The minimum Gasteiger partial charge on any atom is -0.379 e. The minimum absolute atomic E-state index is 0.0692. The first-order valence-electron chi connectivity index (χ1n) is 9.34. The summed E-state index contributed by atoms with van der Waals surface area (Å²) in [6.45, 7) is 5.75. The fraction of sp³-hybridized carbons (Fsp3) is 0.579. The molecule has 1 aliphatic heterocycles. The van der Waals surface area contributed by atoms with E-state index in [0.29, 0.717) is 19.2 Å². The lowest BCUT2D eigenvalue weighted by Crippen LogP contribution is -2.38. The van der Waals surface area contributed by atoms with E-state index in [1.807, 2.05) is 37.3 Å². The molecule has 0 radical (unpaired) electrons. The van der Waals surface area contributed by atoms with Crippen molar-refractivity contribution in [3.05, 3.63) is 30.3 Å². The zero-order chi connectivity index (χ0) is 18.5. The number of aliphatic imine (C=N–C) groups is 1. The summed E-state index contributed by atoms with van der Waals surface area (Å²) < 4.78 is 11.2. The molecule has 0 aromatic heterocycles. The van der Waals surface area contributed by atoms with Crippen molar-refractivity contribution in [1.82, 2.24) is 10.6 Å². The second-order valence-corrected chi connectivity index (χ2v) is 6.10. The third kappa shape index (κ3) is 8.31. The van der Waals surface area contributed by atoms with Crippen molar-refractivity contribution in [3.8, 4) is 0 Å². The normalized spacial score (nSPS) is 17.1. The predicted molar refractivity (Wildman–Crippen MR) is 103 cm³/mol.